The van der Waals surface area contributed by atoms with Crippen molar-refractivity contribution >= 4 is 29.1 Å². The van der Waals surface area contributed by atoms with Crippen LogP contribution in [0, 0.1) is 5.82 Å². The molecule has 12 heteroatoms. The van der Waals surface area contributed by atoms with E-state index in [-0.39, 0.29) is 11.6 Å². The van der Waals surface area contributed by atoms with Crippen molar-refractivity contribution < 1.29 is 22.3 Å². The molecule has 2 saturated heterocycles. The van der Waals surface area contributed by atoms with Gasteiger partial charge in [0.15, 0.2) is 11.6 Å². The van der Waals surface area contributed by atoms with E-state index < -0.39 is 17.6 Å². The van der Waals surface area contributed by atoms with E-state index >= 15 is 0 Å². The van der Waals surface area contributed by atoms with Gasteiger partial charge in [0, 0.05) is 63.3 Å². The number of piperidine rings is 1. The van der Waals surface area contributed by atoms with E-state index in [1.807, 2.05) is 11.0 Å². The number of halogens is 4. The number of anilines is 5. The lowest BCUT2D eigenvalue weighted by atomic mass is 10.1. The van der Waals surface area contributed by atoms with Crippen LogP contribution in [0.3, 0.4) is 0 Å². The van der Waals surface area contributed by atoms with Crippen LogP contribution in [0.5, 0.6) is 5.75 Å². The summed E-state index contributed by atoms with van der Waals surface area (Å²) < 4.78 is 59.8. The lowest BCUT2D eigenvalue weighted by Gasteiger charge is -2.37. The molecule has 2 aliphatic heterocycles. The Morgan fingerprint density at radius 2 is 1.61 bits per heavy atom. The van der Waals surface area contributed by atoms with Crippen LogP contribution in [0.1, 0.15) is 24.8 Å². The second kappa shape index (κ2) is 10.9. The lowest BCUT2D eigenvalue weighted by molar-refractivity contribution is -0.137. The van der Waals surface area contributed by atoms with E-state index in [0.717, 1.165) is 37.8 Å². The molecule has 0 aliphatic carbocycles. The molecule has 0 bridgehead atoms. The number of pyridine rings is 1. The number of hydrogen-bond acceptors (Lipinski definition) is 8. The lowest BCUT2D eigenvalue weighted by Crippen LogP contribution is -2.48. The van der Waals surface area contributed by atoms with E-state index in [0.29, 0.717) is 43.6 Å². The number of nitrogens with zero attached hydrogens (tertiary/aromatic N) is 6. The summed E-state index contributed by atoms with van der Waals surface area (Å²) >= 11 is 0. The van der Waals surface area contributed by atoms with Crippen molar-refractivity contribution in [2.24, 2.45) is 0 Å². The highest BCUT2D eigenvalue weighted by molar-refractivity contribution is 5.63. The molecule has 2 fully saturated rings. The third-order valence-corrected chi connectivity index (χ3v) is 6.76. The second-order valence-corrected chi connectivity index (χ2v) is 9.28. The third kappa shape index (κ3) is 5.68. The van der Waals surface area contributed by atoms with Crippen molar-refractivity contribution in [2.45, 2.75) is 25.4 Å². The number of hydrogen-bond donors (Lipinski definition) is 1. The number of nitrogens with one attached hydrogen (secondary N) is 1. The Hall–Kier alpha value is -3.83. The van der Waals surface area contributed by atoms with Crippen molar-refractivity contribution in [3.05, 3.63) is 54.0 Å². The minimum absolute atomic E-state index is 0.0634. The van der Waals surface area contributed by atoms with Gasteiger partial charge >= 0.3 is 6.18 Å². The smallest absolute Gasteiger partial charge is 0.419 e. The van der Waals surface area contributed by atoms with Crippen molar-refractivity contribution in [3.8, 4) is 5.75 Å². The minimum atomic E-state index is -4.48. The number of aromatic nitrogens is 3. The zero-order valence-corrected chi connectivity index (χ0v) is 21.0. The molecule has 0 amide bonds. The zero-order valence-electron chi connectivity index (χ0n) is 21.0. The van der Waals surface area contributed by atoms with E-state index in [2.05, 4.69) is 20.2 Å². The first-order valence-corrected chi connectivity index (χ1v) is 12.6. The largest absolute Gasteiger partial charge is 0.494 e. The molecule has 0 spiro atoms. The number of rotatable bonds is 6. The number of ether oxygens (including phenoxy) is 1. The van der Waals surface area contributed by atoms with Gasteiger partial charge in [0.2, 0.25) is 5.95 Å². The van der Waals surface area contributed by atoms with Crippen LogP contribution in [0.25, 0.3) is 0 Å². The molecule has 5 rings (SSSR count). The molecule has 38 heavy (non-hydrogen) atoms. The fourth-order valence-electron chi connectivity index (χ4n) is 4.79. The fourth-order valence-corrected chi connectivity index (χ4v) is 4.79. The summed E-state index contributed by atoms with van der Waals surface area (Å²) in [6.45, 7) is 3.27. The molecule has 4 heterocycles. The van der Waals surface area contributed by atoms with Gasteiger partial charge in [-0.25, -0.2) is 9.37 Å². The summed E-state index contributed by atoms with van der Waals surface area (Å²) in [7, 11) is 1.41. The maximum atomic E-state index is 14.3. The van der Waals surface area contributed by atoms with Gasteiger partial charge in [0.05, 0.1) is 12.7 Å². The maximum Gasteiger partial charge on any atom is 0.419 e. The van der Waals surface area contributed by atoms with Gasteiger partial charge in [-0.15, -0.1) is 0 Å². The Bertz CT molecular complexity index is 1260. The van der Waals surface area contributed by atoms with Gasteiger partial charge in [0.25, 0.3) is 0 Å². The number of methoxy groups -OCH3 is 1. The molecule has 8 nitrogen and oxygen atoms in total. The molecular weight excluding hydrogens is 502 g/mol. The highest BCUT2D eigenvalue weighted by atomic mass is 19.4. The number of benzene rings is 1. The highest BCUT2D eigenvalue weighted by Gasteiger charge is 2.36. The summed E-state index contributed by atoms with van der Waals surface area (Å²) in [6.07, 6.45) is 0.197. The van der Waals surface area contributed by atoms with Crippen LogP contribution in [0.4, 0.5) is 46.7 Å². The Morgan fingerprint density at radius 3 is 2.29 bits per heavy atom. The van der Waals surface area contributed by atoms with E-state index in [9.17, 15) is 17.6 Å². The summed E-state index contributed by atoms with van der Waals surface area (Å²) in [4.78, 5) is 19.3. The van der Waals surface area contributed by atoms with E-state index in [1.165, 1.54) is 37.9 Å². The molecule has 2 aromatic heterocycles. The Balaban J connectivity index is 1.38. The average Bonchev–Trinajstić information content (AvgIpc) is 2.93. The Labute approximate surface area is 218 Å². The van der Waals surface area contributed by atoms with Crippen molar-refractivity contribution in [1.29, 1.82) is 0 Å². The normalized spacial score (nSPS) is 16.5. The van der Waals surface area contributed by atoms with Gasteiger partial charge in [-0.1, -0.05) is 0 Å². The van der Waals surface area contributed by atoms with Crippen LogP contribution < -0.4 is 24.8 Å². The predicted octanol–water partition coefficient (Wildman–Crippen LogP) is 5.10. The fraction of sp³-hybridized carbons (Fsp3) is 0.423. The van der Waals surface area contributed by atoms with Crippen LogP contribution in [-0.4, -0.2) is 61.3 Å². The SMILES string of the molecule is COc1ccc(Nc2cc(N3CCCCC3)nc(N3CCN(c4ncccc4C(F)(F)F)CC3)n2)cc1F. The Morgan fingerprint density at radius 1 is 0.868 bits per heavy atom. The van der Waals surface area contributed by atoms with Crippen LogP contribution >= 0.6 is 0 Å². The highest BCUT2D eigenvalue weighted by Crippen LogP contribution is 2.36. The molecule has 0 saturated carbocycles. The van der Waals surface area contributed by atoms with Crippen molar-refractivity contribution in [3.63, 3.8) is 0 Å². The molecule has 2 aliphatic rings. The van der Waals surface area contributed by atoms with Crippen molar-refractivity contribution in [1.82, 2.24) is 15.0 Å². The molecule has 202 valence electrons. The molecule has 3 aromatic rings. The van der Waals surface area contributed by atoms with Gasteiger partial charge in [-0.05, 0) is 43.5 Å². The molecule has 1 N–H and O–H groups in total. The van der Waals surface area contributed by atoms with Crippen molar-refractivity contribution in [2.75, 3.05) is 66.4 Å². The first-order chi connectivity index (χ1) is 18.3. The number of alkyl halides is 3. The van der Waals surface area contributed by atoms with Crippen LogP contribution in [-0.2, 0) is 6.18 Å². The average molecular weight is 532 g/mol. The quantitative estimate of drug-likeness (QED) is 0.441. The monoisotopic (exact) mass is 531 g/mol. The van der Waals surface area contributed by atoms with Gasteiger partial charge in [-0.3, -0.25) is 0 Å². The zero-order chi connectivity index (χ0) is 26.7. The molecule has 0 atom stereocenters. The minimum Gasteiger partial charge on any atom is -0.494 e. The topological polar surface area (TPSA) is 69.7 Å². The summed E-state index contributed by atoms with van der Waals surface area (Å²) in [5, 5.41) is 3.17. The maximum absolute atomic E-state index is 14.3. The third-order valence-electron chi connectivity index (χ3n) is 6.76. The predicted molar refractivity (Wildman–Crippen MR) is 138 cm³/mol. The molecule has 0 radical (unpaired) electrons. The molecular formula is C26H29F4N7O. The first kappa shape index (κ1) is 25.8. The van der Waals surface area contributed by atoms with Crippen LogP contribution in [0.15, 0.2) is 42.6 Å². The Kier molecular flexibility index (Phi) is 7.39. The molecule has 1 aromatic carbocycles. The van der Waals surface area contributed by atoms with Gasteiger partial charge in [0.1, 0.15) is 17.5 Å². The standard InChI is InChI=1S/C26H29F4N7O/c1-38-21-8-7-18(16-20(21)27)32-22-17-23(35-10-3-2-4-11-35)34-25(33-22)37-14-12-36(13-15-37)24-19(26(28,29)30)6-5-9-31-24/h5-9,16-17H,2-4,10-15H2,1H3,(H,32,33,34). The van der Waals surface area contributed by atoms with Gasteiger partial charge < -0.3 is 24.8 Å². The van der Waals surface area contributed by atoms with E-state index in [4.69, 9.17) is 9.72 Å². The van der Waals surface area contributed by atoms with E-state index in [1.54, 1.807) is 11.0 Å². The van der Waals surface area contributed by atoms with Crippen LogP contribution in [0.2, 0.25) is 0 Å². The summed E-state index contributed by atoms with van der Waals surface area (Å²) in [6, 6.07) is 8.78. The van der Waals surface area contributed by atoms with Gasteiger partial charge in [-0.2, -0.15) is 23.1 Å². The number of piperazine rings is 1. The second-order valence-electron chi connectivity index (χ2n) is 9.28. The molecule has 0 unspecified atom stereocenters. The first-order valence-electron chi connectivity index (χ1n) is 12.6. The summed E-state index contributed by atoms with van der Waals surface area (Å²) in [5.41, 5.74) is -0.229. The summed E-state index contributed by atoms with van der Waals surface area (Å²) in [5.74, 6) is 1.33.